The topological polar surface area (TPSA) is 69.6 Å². The van der Waals surface area contributed by atoms with Crippen LogP contribution in [0.1, 0.15) is 19.4 Å². The van der Waals surface area contributed by atoms with Crippen LogP contribution in [0.25, 0.3) is 0 Å². The van der Waals surface area contributed by atoms with Gasteiger partial charge in [-0.1, -0.05) is 23.7 Å². The van der Waals surface area contributed by atoms with Crippen molar-refractivity contribution in [1.82, 2.24) is 10.2 Å². The molecule has 116 valence electrons. The Morgan fingerprint density at radius 1 is 1.38 bits per heavy atom. The Hall–Kier alpha value is -1.59. The lowest BCUT2D eigenvalue weighted by atomic mass is 10.0. The smallest absolute Gasteiger partial charge is 0.323 e. The summed E-state index contributed by atoms with van der Waals surface area (Å²) in [6.45, 7) is 3.65. The number of halogens is 1. The number of hydrogen-bond acceptors (Lipinski definition) is 3. The summed E-state index contributed by atoms with van der Waals surface area (Å²) in [4.78, 5) is 24.4. The van der Waals surface area contributed by atoms with Crippen molar-refractivity contribution in [3.63, 3.8) is 0 Å². The predicted molar refractivity (Wildman–Crippen MR) is 82.5 cm³/mol. The molecule has 0 unspecified atom stereocenters. The van der Waals surface area contributed by atoms with Crippen molar-refractivity contribution in [2.45, 2.75) is 25.8 Å². The number of amides is 1. The molecule has 0 atom stereocenters. The number of benzene rings is 1. The number of hydrogen-bond donors (Lipinski definition) is 2. The fourth-order valence-electron chi connectivity index (χ4n) is 1.67. The lowest BCUT2D eigenvalue weighted by Crippen LogP contribution is -2.51. The normalized spacial score (nSPS) is 11.5. The molecule has 0 heterocycles. The molecule has 6 heteroatoms. The van der Waals surface area contributed by atoms with Crippen LogP contribution in [0.3, 0.4) is 0 Å². The number of carbonyl (C=O) groups is 2. The number of nitrogens with one attached hydrogen (secondary N) is 1. The van der Waals surface area contributed by atoms with E-state index in [0.29, 0.717) is 18.0 Å². The third-order valence-electron chi connectivity index (χ3n) is 3.48. The van der Waals surface area contributed by atoms with Gasteiger partial charge in [0.05, 0.1) is 6.54 Å². The van der Waals surface area contributed by atoms with Crippen molar-refractivity contribution < 1.29 is 14.7 Å². The molecule has 5 nitrogen and oxygen atoms in total. The van der Waals surface area contributed by atoms with Gasteiger partial charge in [-0.05, 0) is 45.0 Å². The van der Waals surface area contributed by atoms with Gasteiger partial charge in [0.1, 0.15) is 5.54 Å². The highest BCUT2D eigenvalue weighted by Crippen LogP contribution is 2.12. The van der Waals surface area contributed by atoms with Crippen molar-refractivity contribution in [3.05, 3.63) is 34.9 Å². The van der Waals surface area contributed by atoms with Gasteiger partial charge in [0.2, 0.25) is 5.91 Å². The minimum absolute atomic E-state index is 0.0366. The van der Waals surface area contributed by atoms with Crippen LogP contribution in [0.15, 0.2) is 24.3 Å². The van der Waals surface area contributed by atoms with Crippen molar-refractivity contribution in [1.29, 1.82) is 0 Å². The first-order valence-electron chi connectivity index (χ1n) is 6.69. The summed E-state index contributed by atoms with van der Waals surface area (Å²) in [5.74, 6) is -1.16. The Balaban J connectivity index is 2.39. The SMILES string of the molecule is CN(CC(=O)NCCc1cccc(Cl)c1)C(C)(C)C(=O)O. The average molecular weight is 313 g/mol. The minimum Gasteiger partial charge on any atom is -0.480 e. The van der Waals surface area contributed by atoms with Crippen molar-refractivity contribution >= 4 is 23.5 Å². The van der Waals surface area contributed by atoms with Crippen LogP contribution in [-0.2, 0) is 16.0 Å². The third-order valence-corrected chi connectivity index (χ3v) is 3.72. The number of rotatable bonds is 7. The summed E-state index contributed by atoms with van der Waals surface area (Å²) in [5, 5.41) is 12.5. The zero-order valence-electron chi connectivity index (χ0n) is 12.5. The number of likely N-dealkylation sites (N-methyl/N-ethyl adjacent to an activating group) is 1. The Morgan fingerprint density at radius 3 is 2.62 bits per heavy atom. The van der Waals surface area contributed by atoms with Gasteiger partial charge in [-0.2, -0.15) is 0 Å². The molecule has 1 aromatic rings. The zero-order chi connectivity index (χ0) is 16.0. The second kappa shape index (κ2) is 7.43. The summed E-state index contributed by atoms with van der Waals surface area (Å²) in [6.07, 6.45) is 0.679. The van der Waals surface area contributed by atoms with Gasteiger partial charge in [-0.15, -0.1) is 0 Å². The summed E-state index contributed by atoms with van der Waals surface area (Å²) in [7, 11) is 1.62. The molecule has 1 amide bonds. The molecule has 0 aromatic heterocycles. The van der Waals surface area contributed by atoms with Crippen LogP contribution in [0.2, 0.25) is 5.02 Å². The molecule has 0 saturated heterocycles. The Labute approximate surface area is 129 Å². The number of carbonyl (C=O) groups excluding carboxylic acids is 1. The van der Waals surface area contributed by atoms with Crippen LogP contribution in [0.4, 0.5) is 0 Å². The highest BCUT2D eigenvalue weighted by atomic mass is 35.5. The summed E-state index contributed by atoms with van der Waals surface area (Å²) < 4.78 is 0. The van der Waals surface area contributed by atoms with Gasteiger partial charge >= 0.3 is 5.97 Å². The molecule has 0 aliphatic heterocycles. The van der Waals surface area contributed by atoms with E-state index >= 15 is 0 Å². The van der Waals surface area contributed by atoms with E-state index in [-0.39, 0.29) is 12.5 Å². The number of carboxylic acids is 1. The summed E-state index contributed by atoms with van der Waals surface area (Å²) in [5.41, 5.74) is -0.0355. The Morgan fingerprint density at radius 2 is 2.05 bits per heavy atom. The van der Waals surface area contributed by atoms with E-state index in [1.807, 2.05) is 18.2 Å². The second-order valence-corrected chi connectivity index (χ2v) is 5.89. The maximum Gasteiger partial charge on any atom is 0.323 e. The van der Waals surface area contributed by atoms with Crippen LogP contribution in [0, 0.1) is 0 Å². The van der Waals surface area contributed by atoms with E-state index in [1.165, 1.54) is 4.90 Å². The fraction of sp³-hybridized carbons (Fsp3) is 0.467. The monoisotopic (exact) mass is 312 g/mol. The van der Waals surface area contributed by atoms with Crippen molar-refractivity contribution in [2.24, 2.45) is 0 Å². The first-order valence-corrected chi connectivity index (χ1v) is 7.07. The van der Waals surface area contributed by atoms with Gasteiger partial charge in [-0.3, -0.25) is 14.5 Å². The largest absolute Gasteiger partial charge is 0.480 e. The molecule has 21 heavy (non-hydrogen) atoms. The molecule has 0 aliphatic rings. The summed E-state index contributed by atoms with van der Waals surface area (Å²) >= 11 is 5.89. The molecule has 0 bridgehead atoms. The molecule has 0 fully saturated rings. The number of nitrogens with zero attached hydrogens (tertiary/aromatic N) is 1. The molecular weight excluding hydrogens is 292 g/mol. The maximum atomic E-state index is 11.8. The standard InChI is InChI=1S/C15H21ClN2O3/c1-15(2,14(20)21)18(3)10-13(19)17-8-7-11-5-4-6-12(16)9-11/h4-6,9H,7-8,10H2,1-3H3,(H,17,19)(H,20,21). The molecule has 0 radical (unpaired) electrons. The van der Waals surface area contributed by atoms with Gasteiger partial charge in [0.25, 0.3) is 0 Å². The lowest BCUT2D eigenvalue weighted by Gasteiger charge is -2.30. The van der Waals surface area contributed by atoms with E-state index in [4.69, 9.17) is 16.7 Å². The highest BCUT2D eigenvalue weighted by molar-refractivity contribution is 6.30. The first kappa shape index (κ1) is 17.5. The van der Waals surface area contributed by atoms with E-state index < -0.39 is 11.5 Å². The van der Waals surface area contributed by atoms with E-state index in [0.717, 1.165) is 5.56 Å². The first-order chi connectivity index (χ1) is 9.73. The molecule has 1 rings (SSSR count). The highest BCUT2D eigenvalue weighted by Gasteiger charge is 2.32. The fourth-order valence-corrected chi connectivity index (χ4v) is 1.88. The maximum absolute atomic E-state index is 11.8. The molecule has 1 aromatic carbocycles. The molecule has 0 aliphatic carbocycles. The minimum atomic E-state index is -1.08. The number of aliphatic carboxylic acids is 1. The Kier molecular flexibility index (Phi) is 6.18. The van der Waals surface area contributed by atoms with E-state index in [1.54, 1.807) is 27.0 Å². The van der Waals surface area contributed by atoms with Crippen LogP contribution < -0.4 is 5.32 Å². The van der Waals surface area contributed by atoms with Gasteiger partial charge in [0, 0.05) is 11.6 Å². The molecule has 0 saturated carbocycles. The van der Waals surface area contributed by atoms with Crippen LogP contribution in [0.5, 0.6) is 0 Å². The van der Waals surface area contributed by atoms with Crippen molar-refractivity contribution in [2.75, 3.05) is 20.1 Å². The average Bonchev–Trinajstić information content (AvgIpc) is 2.38. The van der Waals surface area contributed by atoms with Crippen LogP contribution >= 0.6 is 11.6 Å². The van der Waals surface area contributed by atoms with E-state index in [9.17, 15) is 9.59 Å². The Bertz CT molecular complexity index is 517. The molecule has 2 N–H and O–H groups in total. The molecule has 0 spiro atoms. The summed E-state index contributed by atoms with van der Waals surface area (Å²) in [6, 6.07) is 7.46. The van der Waals surface area contributed by atoms with Crippen molar-refractivity contribution in [3.8, 4) is 0 Å². The van der Waals surface area contributed by atoms with Gasteiger partial charge < -0.3 is 10.4 Å². The van der Waals surface area contributed by atoms with E-state index in [2.05, 4.69) is 5.32 Å². The number of carboxylic acid groups (broad SMARTS) is 1. The predicted octanol–water partition coefficient (Wildman–Crippen LogP) is 1.79. The zero-order valence-corrected chi connectivity index (χ0v) is 13.3. The van der Waals surface area contributed by atoms with Crippen LogP contribution in [-0.4, -0.2) is 47.6 Å². The third kappa shape index (κ3) is 5.36. The van der Waals surface area contributed by atoms with Gasteiger partial charge in [0.15, 0.2) is 0 Å². The quantitative estimate of drug-likeness (QED) is 0.805. The van der Waals surface area contributed by atoms with Gasteiger partial charge in [-0.25, -0.2) is 0 Å². The second-order valence-electron chi connectivity index (χ2n) is 5.45. The molecular formula is C15H21ClN2O3. The lowest BCUT2D eigenvalue weighted by molar-refractivity contribution is -0.149.